The third-order valence-electron chi connectivity index (χ3n) is 2.61. The first-order valence-electron chi connectivity index (χ1n) is 5.15. The van der Waals surface area contributed by atoms with Crippen LogP contribution in [0.25, 0.3) is 0 Å². The molecule has 1 atom stereocenters. The molecule has 5 heteroatoms. The monoisotopic (exact) mass is 331 g/mol. The molecule has 0 amide bonds. The summed E-state index contributed by atoms with van der Waals surface area (Å²) in [5, 5.41) is 0.332. The van der Waals surface area contributed by atoms with Crippen molar-refractivity contribution in [2.75, 3.05) is 0 Å². The maximum Gasteiger partial charge on any atom is 0.129 e. The van der Waals surface area contributed by atoms with Crippen LogP contribution in [0.3, 0.4) is 0 Å². The van der Waals surface area contributed by atoms with Gasteiger partial charge in [0.2, 0.25) is 0 Å². The number of hydrogen-bond donors (Lipinski definition) is 1. The average molecular weight is 333 g/mol. The van der Waals surface area contributed by atoms with Gasteiger partial charge in [0.25, 0.3) is 0 Å². The highest BCUT2D eigenvalue weighted by atomic mass is 79.9. The van der Waals surface area contributed by atoms with E-state index < -0.39 is 17.7 Å². The lowest BCUT2D eigenvalue weighted by Crippen LogP contribution is -2.15. The average Bonchev–Trinajstić information content (AvgIpc) is 2.33. The second kappa shape index (κ2) is 5.34. The molecule has 0 aromatic heterocycles. The van der Waals surface area contributed by atoms with Crippen LogP contribution in [0.5, 0.6) is 0 Å². The van der Waals surface area contributed by atoms with Gasteiger partial charge in [-0.3, -0.25) is 0 Å². The minimum atomic E-state index is -0.892. The van der Waals surface area contributed by atoms with Crippen molar-refractivity contribution in [3.8, 4) is 0 Å². The number of nitrogens with two attached hydrogens (primary N) is 1. The Morgan fingerprint density at radius 2 is 1.72 bits per heavy atom. The molecule has 0 aliphatic carbocycles. The molecule has 94 valence electrons. The summed E-state index contributed by atoms with van der Waals surface area (Å²) >= 11 is 9.01. The molecule has 0 saturated carbocycles. The van der Waals surface area contributed by atoms with Crippen LogP contribution in [-0.4, -0.2) is 0 Å². The second-order valence-corrected chi connectivity index (χ2v) is 5.05. The van der Waals surface area contributed by atoms with E-state index in [9.17, 15) is 8.78 Å². The lowest BCUT2D eigenvalue weighted by molar-refractivity contribution is 0.575. The molecule has 0 spiro atoms. The normalized spacial score (nSPS) is 12.5. The Morgan fingerprint density at radius 1 is 1.06 bits per heavy atom. The fourth-order valence-corrected chi connectivity index (χ4v) is 2.16. The van der Waals surface area contributed by atoms with E-state index in [-0.39, 0.29) is 11.1 Å². The zero-order valence-electron chi connectivity index (χ0n) is 9.13. The standard InChI is InChI=1S/C13H9BrClF2N/c14-9-6-12(17)8(5-10(9)15)13(18)7-3-1-2-4-11(7)16/h1-6,13H,18H2. The molecule has 2 N–H and O–H groups in total. The van der Waals surface area contributed by atoms with Crippen LogP contribution in [0.15, 0.2) is 40.9 Å². The van der Waals surface area contributed by atoms with E-state index in [2.05, 4.69) is 15.9 Å². The quantitative estimate of drug-likeness (QED) is 0.809. The van der Waals surface area contributed by atoms with Gasteiger partial charge >= 0.3 is 0 Å². The third kappa shape index (κ3) is 2.55. The van der Waals surface area contributed by atoms with Crippen molar-refractivity contribution in [1.29, 1.82) is 0 Å². The Hall–Kier alpha value is -0.970. The Kier molecular flexibility index (Phi) is 4.00. The van der Waals surface area contributed by atoms with Gasteiger partial charge in [-0.25, -0.2) is 8.78 Å². The molecule has 0 bridgehead atoms. The van der Waals surface area contributed by atoms with Crippen LogP contribution in [0, 0.1) is 11.6 Å². The van der Waals surface area contributed by atoms with Gasteiger partial charge in [0.05, 0.1) is 11.1 Å². The van der Waals surface area contributed by atoms with Crippen molar-refractivity contribution in [3.05, 3.63) is 68.7 Å². The number of halogens is 4. The van der Waals surface area contributed by atoms with Gasteiger partial charge in [-0.05, 0) is 34.1 Å². The Bertz CT molecular complexity index is 589. The summed E-state index contributed by atoms with van der Waals surface area (Å²) in [5.74, 6) is -0.995. The summed E-state index contributed by atoms with van der Waals surface area (Å²) < 4.78 is 27.8. The summed E-state index contributed by atoms with van der Waals surface area (Å²) in [7, 11) is 0. The summed E-state index contributed by atoms with van der Waals surface area (Å²) in [4.78, 5) is 0. The Balaban J connectivity index is 2.50. The lowest BCUT2D eigenvalue weighted by Gasteiger charge is -2.15. The lowest BCUT2D eigenvalue weighted by atomic mass is 9.99. The fourth-order valence-electron chi connectivity index (χ4n) is 1.67. The molecule has 2 rings (SSSR count). The van der Waals surface area contributed by atoms with Gasteiger partial charge in [0, 0.05) is 15.6 Å². The molecule has 18 heavy (non-hydrogen) atoms. The van der Waals surface area contributed by atoms with Gasteiger partial charge in [0.1, 0.15) is 11.6 Å². The van der Waals surface area contributed by atoms with E-state index in [4.69, 9.17) is 17.3 Å². The number of benzene rings is 2. The maximum atomic E-state index is 13.8. The molecule has 2 aromatic rings. The Labute approximate surface area is 117 Å². The maximum absolute atomic E-state index is 13.8. The van der Waals surface area contributed by atoms with Crippen LogP contribution < -0.4 is 5.73 Å². The van der Waals surface area contributed by atoms with Crippen molar-refractivity contribution >= 4 is 27.5 Å². The highest BCUT2D eigenvalue weighted by Crippen LogP contribution is 2.31. The fraction of sp³-hybridized carbons (Fsp3) is 0.0769. The number of rotatable bonds is 2. The minimum Gasteiger partial charge on any atom is -0.320 e. The third-order valence-corrected chi connectivity index (χ3v) is 3.81. The molecule has 2 aromatic carbocycles. The second-order valence-electron chi connectivity index (χ2n) is 3.79. The van der Waals surface area contributed by atoms with E-state index in [1.807, 2.05) is 0 Å². The summed E-state index contributed by atoms with van der Waals surface area (Å²) in [6.45, 7) is 0. The van der Waals surface area contributed by atoms with E-state index in [1.54, 1.807) is 12.1 Å². The Morgan fingerprint density at radius 3 is 2.39 bits per heavy atom. The molecule has 1 nitrogen and oxygen atoms in total. The minimum absolute atomic E-state index is 0.160. The molecule has 0 aliphatic heterocycles. The summed E-state index contributed by atoms with van der Waals surface area (Å²) in [5.41, 5.74) is 6.27. The van der Waals surface area contributed by atoms with Crippen LogP contribution in [0.1, 0.15) is 17.2 Å². The molecule has 0 fully saturated rings. The summed E-state index contributed by atoms with van der Waals surface area (Å²) in [6, 6.07) is 7.74. The van der Waals surface area contributed by atoms with Gasteiger partial charge < -0.3 is 5.73 Å². The predicted molar refractivity (Wildman–Crippen MR) is 71.5 cm³/mol. The molecular formula is C13H9BrClF2N. The van der Waals surface area contributed by atoms with E-state index in [0.29, 0.717) is 9.50 Å². The molecule has 0 radical (unpaired) electrons. The van der Waals surface area contributed by atoms with E-state index in [1.165, 1.54) is 24.3 Å². The molecule has 0 saturated heterocycles. The molecular weight excluding hydrogens is 324 g/mol. The zero-order chi connectivity index (χ0) is 13.3. The van der Waals surface area contributed by atoms with E-state index >= 15 is 0 Å². The number of hydrogen-bond acceptors (Lipinski definition) is 1. The smallest absolute Gasteiger partial charge is 0.129 e. The highest BCUT2D eigenvalue weighted by molar-refractivity contribution is 9.10. The van der Waals surface area contributed by atoms with Crippen molar-refractivity contribution < 1.29 is 8.78 Å². The van der Waals surface area contributed by atoms with Crippen LogP contribution in [0.4, 0.5) is 8.78 Å². The first-order valence-corrected chi connectivity index (χ1v) is 6.32. The van der Waals surface area contributed by atoms with Crippen molar-refractivity contribution in [1.82, 2.24) is 0 Å². The SMILES string of the molecule is NC(c1ccccc1F)c1cc(Cl)c(Br)cc1F. The molecule has 1 unspecified atom stereocenters. The molecule has 0 aliphatic rings. The molecule has 0 heterocycles. The highest BCUT2D eigenvalue weighted by Gasteiger charge is 2.18. The van der Waals surface area contributed by atoms with E-state index in [0.717, 1.165) is 0 Å². The predicted octanol–water partition coefficient (Wildman–Crippen LogP) is 4.43. The van der Waals surface area contributed by atoms with Gasteiger partial charge in [-0.15, -0.1) is 0 Å². The zero-order valence-corrected chi connectivity index (χ0v) is 11.5. The van der Waals surface area contributed by atoms with Crippen LogP contribution in [0.2, 0.25) is 5.02 Å². The largest absolute Gasteiger partial charge is 0.320 e. The van der Waals surface area contributed by atoms with Crippen molar-refractivity contribution in [2.24, 2.45) is 5.73 Å². The van der Waals surface area contributed by atoms with Crippen LogP contribution in [-0.2, 0) is 0 Å². The first kappa shape index (κ1) is 13.5. The first-order chi connectivity index (χ1) is 8.50. The summed E-state index contributed by atoms with van der Waals surface area (Å²) in [6.07, 6.45) is 0. The van der Waals surface area contributed by atoms with Gasteiger partial charge in [-0.2, -0.15) is 0 Å². The topological polar surface area (TPSA) is 26.0 Å². The van der Waals surface area contributed by atoms with Crippen LogP contribution >= 0.6 is 27.5 Å². The van der Waals surface area contributed by atoms with Gasteiger partial charge in [0.15, 0.2) is 0 Å². The van der Waals surface area contributed by atoms with Crippen molar-refractivity contribution in [2.45, 2.75) is 6.04 Å². The van der Waals surface area contributed by atoms with Crippen molar-refractivity contribution in [3.63, 3.8) is 0 Å². The van der Waals surface area contributed by atoms with Gasteiger partial charge in [-0.1, -0.05) is 29.8 Å².